The lowest BCUT2D eigenvalue weighted by atomic mass is 10.1. The summed E-state index contributed by atoms with van der Waals surface area (Å²) in [6.45, 7) is 1.61. The molecule has 0 bridgehead atoms. The molecule has 5 nitrogen and oxygen atoms in total. The van der Waals surface area contributed by atoms with Gasteiger partial charge in [0.1, 0.15) is 5.75 Å². The van der Waals surface area contributed by atoms with Crippen LogP contribution < -0.4 is 15.8 Å². The van der Waals surface area contributed by atoms with Gasteiger partial charge in [-0.1, -0.05) is 41.9 Å². The van der Waals surface area contributed by atoms with Crippen molar-refractivity contribution in [3.8, 4) is 5.75 Å². The van der Waals surface area contributed by atoms with Crippen LogP contribution in [0.3, 0.4) is 0 Å². The fourth-order valence-electron chi connectivity index (χ4n) is 2.13. The minimum atomic E-state index is -0.606. The first kappa shape index (κ1) is 16.8. The molecule has 120 valence electrons. The summed E-state index contributed by atoms with van der Waals surface area (Å²) in [4.78, 5) is 23.3. The first-order valence-corrected chi connectivity index (χ1v) is 7.42. The molecule has 0 radical (unpaired) electrons. The summed E-state index contributed by atoms with van der Waals surface area (Å²) < 4.78 is 5.38. The van der Waals surface area contributed by atoms with Crippen LogP contribution in [0.25, 0.3) is 0 Å². The average Bonchev–Trinajstić information content (AvgIpc) is 2.53. The zero-order chi connectivity index (χ0) is 16.8. The number of rotatable bonds is 6. The van der Waals surface area contributed by atoms with E-state index in [1.54, 1.807) is 30.3 Å². The second-order valence-corrected chi connectivity index (χ2v) is 5.37. The van der Waals surface area contributed by atoms with Crippen LogP contribution in [-0.2, 0) is 4.79 Å². The Hall–Kier alpha value is -2.53. The lowest BCUT2D eigenvalue weighted by molar-refractivity contribution is -0.123. The van der Waals surface area contributed by atoms with E-state index in [-0.39, 0.29) is 29.9 Å². The quantitative estimate of drug-likeness (QED) is 0.853. The highest BCUT2D eigenvalue weighted by atomic mass is 35.5. The van der Waals surface area contributed by atoms with Crippen LogP contribution in [0.1, 0.15) is 28.9 Å². The van der Waals surface area contributed by atoms with Crippen molar-refractivity contribution in [1.29, 1.82) is 0 Å². The summed E-state index contributed by atoms with van der Waals surface area (Å²) in [5, 5.41) is 3.37. The van der Waals surface area contributed by atoms with E-state index in [1.807, 2.05) is 25.1 Å². The molecule has 1 atom stereocenters. The number of carbonyl (C=O) groups is 2. The zero-order valence-corrected chi connectivity index (χ0v) is 13.3. The minimum absolute atomic E-state index is 0.223. The van der Waals surface area contributed by atoms with Crippen LogP contribution in [0.2, 0.25) is 5.02 Å². The maximum atomic E-state index is 12.0. The fourth-order valence-corrected chi connectivity index (χ4v) is 2.43. The van der Waals surface area contributed by atoms with Crippen LogP contribution in [0.4, 0.5) is 0 Å². The highest BCUT2D eigenvalue weighted by Gasteiger charge is 2.14. The molecule has 23 heavy (non-hydrogen) atoms. The van der Waals surface area contributed by atoms with Gasteiger partial charge in [0.05, 0.1) is 11.6 Å². The number of primary amides is 1. The van der Waals surface area contributed by atoms with Gasteiger partial charge in [-0.3, -0.25) is 9.59 Å². The summed E-state index contributed by atoms with van der Waals surface area (Å²) in [7, 11) is 0. The third-order valence-corrected chi connectivity index (χ3v) is 3.60. The molecule has 6 heteroatoms. The van der Waals surface area contributed by atoms with E-state index >= 15 is 0 Å². The van der Waals surface area contributed by atoms with Gasteiger partial charge in [-0.15, -0.1) is 0 Å². The van der Waals surface area contributed by atoms with Gasteiger partial charge in [-0.05, 0) is 30.7 Å². The molecule has 0 saturated heterocycles. The van der Waals surface area contributed by atoms with Crippen LogP contribution in [0.5, 0.6) is 5.75 Å². The third-order valence-electron chi connectivity index (χ3n) is 3.26. The lowest BCUT2D eigenvalue weighted by Gasteiger charge is -2.16. The van der Waals surface area contributed by atoms with Gasteiger partial charge in [0.25, 0.3) is 11.8 Å². The molecule has 1 unspecified atom stereocenters. The summed E-state index contributed by atoms with van der Waals surface area (Å²) >= 11 is 6.10. The first-order chi connectivity index (χ1) is 11.0. The zero-order valence-electron chi connectivity index (χ0n) is 12.6. The third kappa shape index (κ3) is 4.47. The number of carbonyl (C=O) groups excluding carboxylic acids is 2. The van der Waals surface area contributed by atoms with Crippen LogP contribution >= 0.6 is 11.6 Å². The number of hydrogen-bond donors (Lipinski definition) is 2. The standard InChI is InChI=1S/C17H17ClN2O3/c1-11(12-6-2-4-8-14(12)18)20-16(21)10-23-15-9-5-3-7-13(15)17(19)22/h2-9,11H,10H2,1H3,(H2,19,22)(H,20,21). The summed E-state index contributed by atoms with van der Waals surface area (Å²) in [6.07, 6.45) is 0. The van der Waals surface area contributed by atoms with Gasteiger partial charge in [-0.2, -0.15) is 0 Å². The van der Waals surface area contributed by atoms with E-state index in [4.69, 9.17) is 22.1 Å². The molecule has 0 aliphatic carbocycles. The normalized spacial score (nSPS) is 11.6. The summed E-state index contributed by atoms with van der Waals surface area (Å²) in [5.41, 5.74) is 6.32. The predicted molar refractivity (Wildman–Crippen MR) is 88.5 cm³/mol. The molecule has 0 heterocycles. The van der Waals surface area contributed by atoms with Gasteiger partial charge >= 0.3 is 0 Å². The Morgan fingerprint density at radius 3 is 2.52 bits per heavy atom. The topological polar surface area (TPSA) is 81.4 Å². The highest BCUT2D eigenvalue weighted by Crippen LogP contribution is 2.22. The number of ether oxygens (including phenoxy) is 1. The molecule has 0 aliphatic rings. The number of halogens is 1. The smallest absolute Gasteiger partial charge is 0.258 e. The van der Waals surface area contributed by atoms with Crippen molar-refractivity contribution in [3.05, 3.63) is 64.7 Å². The maximum Gasteiger partial charge on any atom is 0.258 e. The van der Waals surface area contributed by atoms with Crippen LogP contribution in [0.15, 0.2) is 48.5 Å². The molecule has 0 saturated carbocycles. The van der Waals surface area contributed by atoms with Crippen molar-refractivity contribution < 1.29 is 14.3 Å². The summed E-state index contributed by atoms with van der Waals surface area (Å²) in [6, 6.07) is 13.5. The fraction of sp³-hybridized carbons (Fsp3) is 0.176. The van der Waals surface area contributed by atoms with Crippen molar-refractivity contribution in [2.24, 2.45) is 5.73 Å². The number of benzene rings is 2. The number of para-hydroxylation sites is 1. The molecule has 0 aliphatic heterocycles. The molecular formula is C17H17ClN2O3. The Balaban J connectivity index is 1.96. The summed E-state index contributed by atoms with van der Waals surface area (Å²) in [5.74, 6) is -0.650. The average molecular weight is 333 g/mol. The minimum Gasteiger partial charge on any atom is -0.483 e. The Morgan fingerprint density at radius 2 is 1.83 bits per heavy atom. The SMILES string of the molecule is CC(NC(=O)COc1ccccc1C(N)=O)c1ccccc1Cl. The Kier molecular flexibility index (Phi) is 5.60. The van der Waals surface area contributed by atoms with Crippen molar-refractivity contribution in [1.82, 2.24) is 5.32 Å². The molecule has 2 aromatic rings. The lowest BCUT2D eigenvalue weighted by Crippen LogP contribution is -2.31. The molecule has 2 rings (SSSR count). The van der Waals surface area contributed by atoms with E-state index in [2.05, 4.69) is 5.32 Å². The number of nitrogens with two attached hydrogens (primary N) is 1. The Bertz CT molecular complexity index is 718. The highest BCUT2D eigenvalue weighted by molar-refractivity contribution is 6.31. The first-order valence-electron chi connectivity index (χ1n) is 7.04. The van der Waals surface area contributed by atoms with Gasteiger partial charge in [0.15, 0.2) is 6.61 Å². The van der Waals surface area contributed by atoms with Gasteiger partial charge in [-0.25, -0.2) is 0 Å². The molecular weight excluding hydrogens is 316 g/mol. The molecule has 2 aromatic carbocycles. The number of hydrogen-bond acceptors (Lipinski definition) is 3. The van der Waals surface area contributed by atoms with E-state index in [9.17, 15) is 9.59 Å². The number of amides is 2. The number of nitrogens with one attached hydrogen (secondary N) is 1. The maximum absolute atomic E-state index is 12.0. The largest absolute Gasteiger partial charge is 0.483 e. The Labute approximate surface area is 139 Å². The van der Waals surface area contributed by atoms with Crippen molar-refractivity contribution in [2.45, 2.75) is 13.0 Å². The molecule has 0 aromatic heterocycles. The van der Waals surface area contributed by atoms with Gasteiger partial charge in [0.2, 0.25) is 0 Å². The van der Waals surface area contributed by atoms with E-state index in [1.165, 1.54) is 0 Å². The Morgan fingerprint density at radius 1 is 1.17 bits per heavy atom. The second-order valence-electron chi connectivity index (χ2n) is 4.96. The van der Waals surface area contributed by atoms with Crippen molar-refractivity contribution in [3.63, 3.8) is 0 Å². The van der Waals surface area contributed by atoms with Crippen molar-refractivity contribution in [2.75, 3.05) is 6.61 Å². The monoisotopic (exact) mass is 332 g/mol. The van der Waals surface area contributed by atoms with Gasteiger partial charge < -0.3 is 15.8 Å². The van der Waals surface area contributed by atoms with Crippen LogP contribution in [-0.4, -0.2) is 18.4 Å². The predicted octanol–water partition coefficient (Wildman–Crippen LogP) is 2.70. The van der Waals surface area contributed by atoms with Crippen molar-refractivity contribution >= 4 is 23.4 Å². The molecule has 0 spiro atoms. The van der Waals surface area contributed by atoms with E-state index in [0.29, 0.717) is 5.02 Å². The molecule has 2 amide bonds. The van der Waals surface area contributed by atoms with E-state index < -0.39 is 5.91 Å². The molecule has 0 fully saturated rings. The van der Waals surface area contributed by atoms with Crippen LogP contribution in [0, 0.1) is 0 Å². The van der Waals surface area contributed by atoms with E-state index in [0.717, 1.165) is 5.56 Å². The van der Waals surface area contributed by atoms with Gasteiger partial charge in [0, 0.05) is 5.02 Å². The second kappa shape index (κ2) is 7.65. The molecule has 3 N–H and O–H groups in total.